The Kier molecular flexibility index (Phi) is 4.93. The molecule has 1 heterocycles. The molecule has 0 bridgehead atoms. The smallest absolute Gasteiger partial charge is 0.0628 e. The number of ether oxygens (including phenoxy) is 1. The zero-order valence-electron chi connectivity index (χ0n) is 13.0. The highest BCUT2D eigenvalue weighted by atomic mass is 79.9. The van der Waals surface area contributed by atoms with E-state index in [0.29, 0.717) is 5.92 Å². The van der Waals surface area contributed by atoms with E-state index in [0.717, 1.165) is 24.0 Å². The Morgan fingerprint density at radius 3 is 2.60 bits per heavy atom. The molecule has 1 aliphatic heterocycles. The third-order valence-corrected chi connectivity index (χ3v) is 5.25. The molecule has 0 spiro atoms. The highest BCUT2D eigenvalue weighted by Crippen LogP contribution is 2.46. The van der Waals surface area contributed by atoms with Gasteiger partial charge in [-0.05, 0) is 56.3 Å². The van der Waals surface area contributed by atoms with Crippen molar-refractivity contribution in [3.05, 3.63) is 34.3 Å². The van der Waals surface area contributed by atoms with Gasteiger partial charge >= 0.3 is 0 Å². The van der Waals surface area contributed by atoms with Gasteiger partial charge in [0.1, 0.15) is 0 Å². The molecular weight excluding hydrogens is 314 g/mol. The predicted molar refractivity (Wildman–Crippen MR) is 88.2 cm³/mol. The third-order valence-electron chi connectivity index (χ3n) is 4.72. The fourth-order valence-corrected chi connectivity index (χ4v) is 3.78. The highest BCUT2D eigenvalue weighted by Gasteiger charge is 2.41. The van der Waals surface area contributed by atoms with Crippen LogP contribution < -0.4 is 5.32 Å². The lowest BCUT2D eigenvalue weighted by Gasteiger charge is -2.46. The molecule has 0 aliphatic carbocycles. The van der Waals surface area contributed by atoms with Crippen LogP contribution in [0.5, 0.6) is 0 Å². The molecule has 2 nitrogen and oxygen atoms in total. The molecule has 1 aromatic rings. The Labute approximate surface area is 131 Å². The van der Waals surface area contributed by atoms with Gasteiger partial charge in [0.15, 0.2) is 0 Å². The molecule has 2 unspecified atom stereocenters. The molecule has 1 aromatic carbocycles. The summed E-state index contributed by atoms with van der Waals surface area (Å²) in [6.45, 7) is 8.96. The van der Waals surface area contributed by atoms with E-state index in [1.54, 1.807) is 0 Å². The summed E-state index contributed by atoms with van der Waals surface area (Å²) >= 11 is 3.52. The van der Waals surface area contributed by atoms with Crippen molar-refractivity contribution in [1.82, 2.24) is 5.32 Å². The number of methoxy groups -OCH3 is 1. The van der Waals surface area contributed by atoms with Gasteiger partial charge in [0.05, 0.1) is 5.60 Å². The first-order valence-corrected chi connectivity index (χ1v) is 8.17. The maximum absolute atomic E-state index is 5.68. The molecule has 1 saturated heterocycles. The van der Waals surface area contributed by atoms with Crippen molar-refractivity contribution in [3.63, 3.8) is 0 Å². The standard InChI is InChI=1S/C17H26BrNO/c1-16(2,20-4)12-17(3)9-10-19-11-15(17)13-5-7-14(18)8-6-13/h5-8,15,19H,9-12H2,1-4H3. The quantitative estimate of drug-likeness (QED) is 0.880. The summed E-state index contributed by atoms with van der Waals surface area (Å²) < 4.78 is 6.82. The molecule has 20 heavy (non-hydrogen) atoms. The number of hydrogen-bond donors (Lipinski definition) is 1. The second-order valence-electron chi connectivity index (χ2n) is 6.85. The average molecular weight is 340 g/mol. The Morgan fingerprint density at radius 2 is 2.00 bits per heavy atom. The predicted octanol–water partition coefficient (Wildman–Crippen LogP) is 4.35. The largest absolute Gasteiger partial charge is 0.379 e. The molecule has 2 atom stereocenters. The maximum atomic E-state index is 5.68. The normalized spacial score (nSPS) is 27.6. The van der Waals surface area contributed by atoms with Gasteiger partial charge in [0.25, 0.3) is 0 Å². The van der Waals surface area contributed by atoms with Crippen LogP contribution in [0.15, 0.2) is 28.7 Å². The van der Waals surface area contributed by atoms with Crippen LogP contribution in [0.1, 0.15) is 45.1 Å². The van der Waals surface area contributed by atoms with Gasteiger partial charge in [-0.2, -0.15) is 0 Å². The number of rotatable bonds is 4. The molecule has 3 heteroatoms. The highest BCUT2D eigenvalue weighted by molar-refractivity contribution is 9.10. The zero-order chi connectivity index (χ0) is 14.8. The lowest BCUT2D eigenvalue weighted by atomic mass is 9.64. The lowest BCUT2D eigenvalue weighted by Crippen LogP contribution is -2.45. The fourth-order valence-electron chi connectivity index (χ4n) is 3.51. The molecular formula is C17H26BrNO. The second-order valence-corrected chi connectivity index (χ2v) is 7.77. The number of benzene rings is 1. The molecule has 0 saturated carbocycles. The van der Waals surface area contributed by atoms with Crippen LogP contribution in [0.25, 0.3) is 0 Å². The summed E-state index contributed by atoms with van der Waals surface area (Å²) in [5.74, 6) is 0.541. The fraction of sp³-hybridized carbons (Fsp3) is 0.647. The molecule has 0 amide bonds. The lowest BCUT2D eigenvalue weighted by molar-refractivity contribution is -0.0295. The van der Waals surface area contributed by atoms with Gasteiger partial charge in [0.2, 0.25) is 0 Å². The van der Waals surface area contributed by atoms with E-state index in [4.69, 9.17) is 4.74 Å². The number of halogens is 1. The summed E-state index contributed by atoms with van der Waals surface area (Å²) in [7, 11) is 1.82. The van der Waals surface area contributed by atoms with Gasteiger partial charge < -0.3 is 10.1 Å². The van der Waals surface area contributed by atoms with Crippen LogP contribution in [0, 0.1) is 5.41 Å². The van der Waals surface area contributed by atoms with Gasteiger partial charge in [-0.3, -0.25) is 0 Å². The van der Waals surface area contributed by atoms with Crippen LogP contribution in [0.3, 0.4) is 0 Å². The van der Waals surface area contributed by atoms with Crippen molar-refractivity contribution in [3.8, 4) is 0 Å². The van der Waals surface area contributed by atoms with E-state index in [1.165, 1.54) is 12.0 Å². The van der Waals surface area contributed by atoms with Crippen LogP contribution in [-0.2, 0) is 4.74 Å². The van der Waals surface area contributed by atoms with Crippen molar-refractivity contribution in [1.29, 1.82) is 0 Å². The van der Waals surface area contributed by atoms with Crippen molar-refractivity contribution in [2.45, 2.75) is 45.1 Å². The SMILES string of the molecule is COC(C)(C)CC1(C)CCNCC1c1ccc(Br)cc1. The number of nitrogens with one attached hydrogen (secondary N) is 1. The van der Waals surface area contributed by atoms with Gasteiger partial charge in [-0.1, -0.05) is 35.0 Å². The summed E-state index contributed by atoms with van der Waals surface area (Å²) in [6, 6.07) is 8.79. The molecule has 2 rings (SSSR count). The first kappa shape index (κ1) is 16.0. The summed E-state index contributed by atoms with van der Waals surface area (Å²) in [4.78, 5) is 0. The monoisotopic (exact) mass is 339 g/mol. The van der Waals surface area contributed by atoms with Crippen molar-refractivity contribution in [2.24, 2.45) is 5.41 Å². The first-order valence-electron chi connectivity index (χ1n) is 7.38. The van der Waals surface area contributed by atoms with E-state index < -0.39 is 0 Å². The minimum Gasteiger partial charge on any atom is -0.379 e. The van der Waals surface area contributed by atoms with Crippen LogP contribution >= 0.6 is 15.9 Å². The molecule has 112 valence electrons. The van der Waals surface area contributed by atoms with Crippen molar-refractivity contribution >= 4 is 15.9 Å². The Balaban J connectivity index is 2.26. The zero-order valence-corrected chi connectivity index (χ0v) is 14.6. The Morgan fingerprint density at radius 1 is 1.35 bits per heavy atom. The molecule has 0 aromatic heterocycles. The topological polar surface area (TPSA) is 21.3 Å². The van der Waals surface area contributed by atoms with E-state index in [2.05, 4.69) is 66.3 Å². The van der Waals surface area contributed by atoms with Gasteiger partial charge in [-0.25, -0.2) is 0 Å². The Bertz CT molecular complexity index is 443. The number of piperidine rings is 1. The van der Waals surface area contributed by atoms with Crippen molar-refractivity contribution < 1.29 is 4.74 Å². The molecule has 0 radical (unpaired) electrons. The average Bonchev–Trinajstić information content (AvgIpc) is 2.40. The molecule has 1 fully saturated rings. The summed E-state index contributed by atoms with van der Waals surface area (Å²) in [5.41, 5.74) is 1.63. The van der Waals surface area contributed by atoms with Gasteiger partial charge in [0, 0.05) is 24.0 Å². The van der Waals surface area contributed by atoms with E-state index >= 15 is 0 Å². The molecule has 1 aliphatic rings. The second kappa shape index (κ2) is 6.17. The summed E-state index contributed by atoms with van der Waals surface area (Å²) in [6.07, 6.45) is 2.28. The van der Waals surface area contributed by atoms with Crippen LogP contribution in [-0.4, -0.2) is 25.8 Å². The first-order chi connectivity index (χ1) is 9.36. The van der Waals surface area contributed by atoms with E-state index in [9.17, 15) is 0 Å². The molecule has 1 N–H and O–H groups in total. The third kappa shape index (κ3) is 3.63. The van der Waals surface area contributed by atoms with Crippen LogP contribution in [0.4, 0.5) is 0 Å². The van der Waals surface area contributed by atoms with Crippen molar-refractivity contribution in [2.75, 3.05) is 20.2 Å². The minimum atomic E-state index is -0.0697. The van der Waals surface area contributed by atoms with Crippen LogP contribution in [0.2, 0.25) is 0 Å². The van der Waals surface area contributed by atoms with Gasteiger partial charge in [-0.15, -0.1) is 0 Å². The van der Waals surface area contributed by atoms with E-state index in [-0.39, 0.29) is 11.0 Å². The summed E-state index contributed by atoms with van der Waals surface area (Å²) in [5, 5.41) is 3.55. The Hall–Kier alpha value is -0.380. The van der Waals surface area contributed by atoms with E-state index in [1.807, 2.05) is 7.11 Å². The minimum absolute atomic E-state index is 0.0697. The number of hydrogen-bond acceptors (Lipinski definition) is 2. The maximum Gasteiger partial charge on any atom is 0.0628 e.